The van der Waals surface area contributed by atoms with Gasteiger partial charge in [0.15, 0.2) is 11.5 Å². The van der Waals surface area contributed by atoms with Crippen LogP contribution in [0.1, 0.15) is 10.4 Å². The lowest BCUT2D eigenvalue weighted by Crippen LogP contribution is -1.98. The Morgan fingerprint density at radius 1 is 1.05 bits per heavy atom. The standard InChI is InChI=1S/C15H13BrO5/c1-19-12-4-3-5-13(20-2)14(12)21-11-7-6-9(15(17)18)8-10(11)16/h3-8H,1-2H3,(H,17,18). The number of benzene rings is 2. The highest BCUT2D eigenvalue weighted by Crippen LogP contribution is 2.41. The van der Waals surface area contributed by atoms with Crippen LogP contribution in [0.15, 0.2) is 40.9 Å². The van der Waals surface area contributed by atoms with Crippen LogP contribution in [0.25, 0.3) is 0 Å². The predicted octanol–water partition coefficient (Wildman–Crippen LogP) is 3.96. The number of para-hydroxylation sites is 1. The second kappa shape index (κ2) is 6.49. The van der Waals surface area contributed by atoms with Gasteiger partial charge in [-0.1, -0.05) is 6.07 Å². The molecule has 5 nitrogen and oxygen atoms in total. The van der Waals surface area contributed by atoms with Gasteiger partial charge in [0.25, 0.3) is 0 Å². The second-order valence-corrected chi connectivity index (χ2v) is 4.90. The first-order valence-corrected chi connectivity index (χ1v) is 6.77. The van der Waals surface area contributed by atoms with E-state index in [2.05, 4.69) is 15.9 Å². The van der Waals surface area contributed by atoms with E-state index in [0.717, 1.165) is 0 Å². The molecule has 6 heteroatoms. The summed E-state index contributed by atoms with van der Waals surface area (Å²) in [4.78, 5) is 10.9. The molecule has 2 rings (SSSR count). The van der Waals surface area contributed by atoms with Gasteiger partial charge in [-0.15, -0.1) is 0 Å². The number of aromatic carboxylic acids is 1. The zero-order valence-corrected chi connectivity index (χ0v) is 13.0. The fourth-order valence-corrected chi connectivity index (χ4v) is 2.20. The van der Waals surface area contributed by atoms with Crippen LogP contribution in [0.3, 0.4) is 0 Å². The van der Waals surface area contributed by atoms with Gasteiger partial charge < -0.3 is 19.3 Å². The largest absolute Gasteiger partial charge is 0.493 e. The fraction of sp³-hybridized carbons (Fsp3) is 0.133. The van der Waals surface area contributed by atoms with Crippen LogP contribution in [0.4, 0.5) is 0 Å². The molecule has 2 aromatic carbocycles. The van der Waals surface area contributed by atoms with E-state index in [1.165, 1.54) is 26.4 Å². The minimum atomic E-state index is -1.00. The molecule has 0 bridgehead atoms. The minimum absolute atomic E-state index is 0.168. The van der Waals surface area contributed by atoms with Crippen LogP contribution < -0.4 is 14.2 Å². The Kier molecular flexibility index (Phi) is 4.70. The van der Waals surface area contributed by atoms with Crippen molar-refractivity contribution in [2.45, 2.75) is 0 Å². The van der Waals surface area contributed by atoms with Gasteiger partial charge in [-0.2, -0.15) is 0 Å². The van der Waals surface area contributed by atoms with E-state index >= 15 is 0 Å². The summed E-state index contributed by atoms with van der Waals surface area (Å²) in [6.07, 6.45) is 0. The maximum Gasteiger partial charge on any atom is 0.335 e. The smallest absolute Gasteiger partial charge is 0.335 e. The maximum absolute atomic E-state index is 10.9. The average Bonchev–Trinajstić information content (AvgIpc) is 2.49. The topological polar surface area (TPSA) is 65.0 Å². The Balaban J connectivity index is 2.40. The molecule has 0 saturated heterocycles. The first kappa shape index (κ1) is 15.2. The van der Waals surface area contributed by atoms with Gasteiger partial charge in [0.05, 0.1) is 24.3 Å². The molecule has 0 heterocycles. The molecule has 0 atom stereocenters. The van der Waals surface area contributed by atoms with E-state index in [1.54, 1.807) is 24.3 Å². The van der Waals surface area contributed by atoms with Gasteiger partial charge in [-0.3, -0.25) is 0 Å². The van der Waals surface area contributed by atoms with Crippen LogP contribution in [-0.4, -0.2) is 25.3 Å². The third kappa shape index (κ3) is 3.28. The summed E-state index contributed by atoms with van der Waals surface area (Å²) in [5.74, 6) is 0.915. The van der Waals surface area contributed by atoms with Gasteiger partial charge in [0, 0.05) is 0 Å². The van der Waals surface area contributed by atoms with Crippen molar-refractivity contribution in [2.24, 2.45) is 0 Å². The number of carbonyl (C=O) groups is 1. The van der Waals surface area contributed by atoms with Crippen molar-refractivity contribution in [3.8, 4) is 23.0 Å². The lowest BCUT2D eigenvalue weighted by molar-refractivity contribution is 0.0697. The number of carboxylic acids is 1. The maximum atomic E-state index is 10.9. The number of rotatable bonds is 5. The minimum Gasteiger partial charge on any atom is -0.493 e. The highest BCUT2D eigenvalue weighted by molar-refractivity contribution is 9.10. The molecule has 0 saturated carbocycles. The molecule has 1 N–H and O–H groups in total. The zero-order valence-electron chi connectivity index (χ0n) is 11.4. The summed E-state index contributed by atoms with van der Waals surface area (Å²) in [6, 6.07) is 9.78. The fourth-order valence-electron chi connectivity index (χ4n) is 1.74. The first-order valence-electron chi connectivity index (χ1n) is 5.98. The zero-order chi connectivity index (χ0) is 15.4. The van der Waals surface area contributed by atoms with E-state index in [0.29, 0.717) is 27.5 Å². The highest BCUT2D eigenvalue weighted by Gasteiger charge is 2.15. The number of methoxy groups -OCH3 is 2. The molecular weight excluding hydrogens is 340 g/mol. The number of hydrogen-bond acceptors (Lipinski definition) is 4. The monoisotopic (exact) mass is 352 g/mol. The normalized spacial score (nSPS) is 10.0. The van der Waals surface area contributed by atoms with Crippen LogP contribution in [0.5, 0.6) is 23.0 Å². The van der Waals surface area contributed by atoms with Crippen LogP contribution in [0.2, 0.25) is 0 Å². The van der Waals surface area contributed by atoms with Crippen molar-refractivity contribution in [3.05, 3.63) is 46.4 Å². The second-order valence-electron chi connectivity index (χ2n) is 4.04. The summed E-state index contributed by atoms with van der Waals surface area (Å²) in [5, 5.41) is 8.95. The molecule has 110 valence electrons. The summed E-state index contributed by atoms with van der Waals surface area (Å²) < 4.78 is 16.8. The van der Waals surface area contributed by atoms with Crippen molar-refractivity contribution in [3.63, 3.8) is 0 Å². The van der Waals surface area contributed by atoms with Gasteiger partial charge >= 0.3 is 5.97 Å². The van der Waals surface area contributed by atoms with Crippen LogP contribution in [0, 0.1) is 0 Å². The summed E-state index contributed by atoms with van der Waals surface area (Å²) in [6.45, 7) is 0. The summed E-state index contributed by atoms with van der Waals surface area (Å²) in [7, 11) is 3.06. The molecule has 0 radical (unpaired) electrons. The Hall–Kier alpha value is -2.21. The van der Waals surface area contributed by atoms with E-state index < -0.39 is 5.97 Å². The molecule has 2 aromatic rings. The highest BCUT2D eigenvalue weighted by atomic mass is 79.9. The van der Waals surface area contributed by atoms with Crippen LogP contribution in [-0.2, 0) is 0 Å². The third-order valence-corrected chi connectivity index (χ3v) is 3.39. The lowest BCUT2D eigenvalue weighted by atomic mass is 10.2. The van der Waals surface area contributed by atoms with Crippen molar-refractivity contribution in [1.29, 1.82) is 0 Å². The van der Waals surface area contributed by atoms with E-state index in [1.807, 2.05) is 0 Å². The first-order chi connectivity index (χ1) is 10.1. The lowest BCUT2D eigenvalue weighted by Gasteiger charge is -2.14. The molecule has 0 amide bonds. The van der Waals surface area contributed by atoms with Crippen LogP contribution >= 0.6 is 15.9 Å². The number of ether oxygens (including phenoxy) is 3. The van der Waals surface area contributed by atoms with E-state index in [9.17, 15) is 4.79 Å². The molecule has 0 aliphatic heterocycles. The van der Waals surface area contributed by atoms with Gasteiger partial charge in [0.1, 0.15) is 5.75 Å². The average molecular weight is 353 g/mol. The Morgan fingerprint density at radius 3 is 2.14 bits per heavy atom. The quantitative estimate of drug-likeness (QED) is 0.882. The van der Waals surface area contributed by atoms with Crippen molar-refractivity contribution in [1.82, 2.24) is 0 Å². The van der Waals surface area contributed by atoms with E-state index in [4.69, 9.17) is 19.3 Å². The Morgan fingerprint density at radius 2 is 1.67 bits per heavy atom. The third-order valence-electron chi connectivity index (χ3n) is 2.77. The van der Waals surface area contributed by atoms with Crippen molar-refractivity contribution >= 4 is 21.9 Å². The molecule has 0 fully saturated rings. The Labute approximate surface area is 130 Å². The van der Waals surface area contributed by atoms with Crippen molar-refractivity contribution < 1.29 is 24.1 Å². The summed E-state index contributed by atoms with van der Waals surface area (Å²) in [5.41, 5.74) is 0.168. The molecule has 0 aromatic heterocycles. The molecular formula is C15H13BrO5. The number of hydrogen-bond donors (Lipinski definition) is 1. The molecule has 0 aliphatic carbocycles. The predicted molar refractivity (Wildman–Crippen MR) is 80.7 cm³/mol. The number of halogens is 1. The Bertz CT molecular complexity index is 647. The molecule has 0 unspecified atom stereocenters. The van der Waals surface area contributed by atoms with Gasteiger partial charge in [-0.05, 0) is 46.3 Å². The molecule has 0 aliphatic rings. The van der Waals surface area contributed by atoms with Gasteiger partial charge in [-0.25, -0.2) is 4.79 Å². The number of carboxylic acid groups (broad SMARTS) is 1. The van der Waals surface area contributed by atoms with Gasteiger partial charge in [0.2, 0.25) is 5.75 Å². The van der Waals surface area contributed by atoms with E-state index in [-0.39, 0.29) is 5.56 Å². The SMILES string of the molecule is COc1cccc(OC)c1Oc1ccc(C(=O)O)cc1Br. The van der Waals surface area contributed by atoms with Crippen molar-refractivity contribution in [2.75, 3.05) is 14.2 Å². The summed E-state index contributed by atoms with van der Waals surface area (Å²) >= 11 is 3.30. The molecule has 21 heavy (non-hydrogen) atoms. The molecule has 0 spiro atoms.